The summed E-state index contributed by atoms with van der Waals surface area (Å²) in [5.41, 5.74) is 23.7. The average Bonchev–Trinajstić information content (AvgIpc) is 1.51. The topological polar surface area (TPSA) is 122 Å². The number of furan rings is 2. The van der Waals surface area contributed by atoms with E-state index in [1.165, 1.54) is 92.0 Å². The molecule has 20 aromatic carbocycles. The van der Waals surface area contributed by atoms with Crippen molar-refractivity contribution < 1.29 is 8.83 Å². The predicted molar refractivity (Wildman–Crippen MR) is 534 cm³/mol. The Morgan fingerprint density at radius 3 is 1.33 bits per heavy atom. The Hall–Kier alpha value is -17.7. The van der Waals surface area contributed by atoms with Crippen LogP contribution in [0.2, 0.25) is 0 Å². The summed E-state index contributed by atoms with van der Waals surface area (Å²) in [6.45, 7) is 0. The maximum absolute atomic E-state index is 7.19. The number of hydrogen-bond acceptors (Lipinski definition) is 8. The van der Waals surface area contributed by atoms with E-state index in [2.05, 4.69) is 370 Å². The second kappa shape index (κ2) is 26.0. The molecule has 598 valence electrons. The maximum atomic E-state index is 7.19. The second-order valence-electron chi connectivity index (χ2n) is 34.5. The molecule has 12 heteroatoms. The summed E-state index contributed by atoms with van der Waals surface area (Å²) < 4.78 is 23.9. The fourth-order valence-electron chi connectivity index (χ4n) is 22.5. The third-order valence-corrected chi connectivity index (χ3v) is 27.9. The Morgan fingerprint density at radius 1 is 0.185 bits per heavy atom. The minimum atomic E-state index is 0.485. The van der Waals surface area contributed by atoms with Crippen molar-refractivity contribution in [2.75, 3.05) is 0 Å². The van der Waals surface area contributed by atoms with Gasteiger partial charge in [-0.1, -0.05) is 322 Å². The molecule has 0 radical (unpaired) electrons. The minimum absolute atomic E-state index is 0.485. The van der Waals surface area contributed by atoms with Crippen molar-refractivity contribution in [1.82, 2.24) is 47.8 Å². The van der Waals surface area contributed by atoms with Gasteiger partial charge in [0.15, 0.2) is 29.1 Å². The Bertz CT molecular complexity index is 10200. The Kier molecular flexibility index (Phi) is 13.9. The van der Waals surface area contributed by atoms with E-state index < -0.39 is 0 Å². The third-order valence-electron chi connectivity index (χ3n) is 27.9. The average molecular weight is 1650 g/mol. The van der Waals surface area contributed by atoms with Crippen LogP contribution in [0, 0.1) is 0 Å². The molecule has 0 aliphatic rings. The first-order chi connectivity index (χ1) is 64.5. The zero-order valence-electron chi connectivity index (χ0n) is 69.2. The van der Waals surface area contributed by atoms with Gasteiger partial charge >= 0.3 is 0 Å². The van der Waals surface area contributed by atoms with Crippen LogP contribution in [0.25, 0.3) is 298 Å². The molecule has 12 nitrogen and oxygen atoms in total. The van der Waals surface area contributed by atoms with Gasteiger partial charge in [-0.15, -0.1) is 0 Å². The summed E-state index contributed by atoms with van der Waals surface area (Å²) in [4.78, 5) is 33.0. The third kappa shape index (κ3) is 9.45. The number of hydrogen-bond donors (Lipinski definition) is 0. The molecule has 130 heavy (non-hydrogen) atoms. The zero-order valence-corrected chi connectivity index (χ0v) is 69.2. The highest BCUT2D eigenvalue weighted by molar-refractivity contribution is 6.43. The van der Waals surface area contributed by atoms with Gasteiger partial charge in [-0.05, 0) is 121 Å². The molecule has 0 fully saturated rings. The van der Waals surface area contributed by atoms with Crippen LogP contribution < -0.4 is 0 Å². The molecule has 0 aliphatic carbocycles. The molecule has 0 unspecified atom stereocenters. The lowest BCUT2D eigenvalue weighted by Gasteiger charge is -2.14. The normalized spacial score (nSPS) is 12.5. The highest BCUT2D eigenvalue weighted by atomic mass is 16.3. The van der Waals surface area contributed by atoms with Gasteiger partial charge in [-0.25, -0.2) is 19.9 Å². The Balaban J connectivity index is 0.599. The van der Waals surface area contributed by atoms with Gasteiger partial charge in [0.05, 0.1) is 60.7 Å². The molecular formula is C118H64N10O2. The molecule has 10 heterocycles. The summed E-state index contributed by atoms with van der Waals surface area (Å²) in [6.07, 6.45) is 0. The van der Waals surface area contributed by atoms with E-state index in [0.29, 0.717) is 46.2 Å². The fourth-order valence-corrected chi connectivity index (χ4v) is 22.5. The smallest absolute Gasteiger partial charge is 0.238 e. The summed E-state index contributed by atoms with van der Waals surface area (Å²) in [6, 6.07) is 140. The zero-order chi connectivity index (χ0) is 84.4. The molecule has 0 atom stereocenters. The van der Waals surface area contributed by atoms with Gasteiger partial charge in [0, 0.05) is 125 Å². The predicted octanol–water partition coefficient (Wildman–Crippen LogP) is 30.6. The lowest BCUT2D eigenvalue weighted by atomic mass is 9.92. The van der Waals surface area contributed by atoms with Crippen LogP contribution >= 0.6 is 0 Å². The summed E-state index contributed by atoms with van der Waals surface area (Å²) in [5, 5.41) is 27.7. The van der Waals surface area contributed by atoms with Crippen LogP contribution in [0.15, 0.2) is 397 Å². The number of benzene rings is 20. The van der Waals surface area contributed by atoms with Crippen LogP contribution in [0.5, 0.6) is 0 Å². The van der Waals surface area contributed by atoms with Gasteiger partial charge in [-0.2, -0.15) is 9.97 Å². The van der Waals surface area contributed by atoms with E-state index in [-0.39, 0.29) is 0 Å². The van der Waals surface area contributed by atoms with Crippen LogP contribution in [0.1, 0.15) is 0 Å². The number of fused-ring (bicyclic) bond motifs is 36. The summed E-state index contributed by atoms with van der Waals surface area (Å²) >= 11 is 0. The molecular weight excluding hydrogens is 1590 g/mol. The largest absolute Gasteiger partial charge is 0.456 e. The number of rotatable bonds is 9. The quantitative estimate of drug-likeness (QED) is 0.140. The van der Waals surface area contributed by atoms with E-state index in [1.54, 1.807) is 0 Å². The molecule has 0 aliphatic heterocycles. The molecule has 0 amide bonds. The first-order valence-electron chi connectivity index (χ1n) is 44.1. The highest BCUT2D eigenvalue weighted by Gasteiger charge is 2.32. The summed E-state index contributed by atoms with van der Waals surface area (Å²) in [5.74, 6) is 3.16. The van der Waals surface area contributed by atoms with E-state index in [0.717, 1.165) is 159 Å². The van der Waals surface area contributed by atoms with Crippen molar-refractivity contribution in [2.24, 2.45) is 0 Å². The van der Waals surface area contributed by atoms with E-state index in [4.69, 9.17) is 38.7 Å². The van der Waals surface area contributed by atoms with Crippen LogP contribution in [0.3, 0.4) is 0 Å². The molecule has 0 N–H and O–H groups in total. The van der Waals surface area contributed by atoms with E-state index in [1.807, 2.05) is 36.4 Å². The molecule has 10 aromatic heterocycles. The van der Waals surface area contributed by atoms with Crippen LogP contribution in [-0.4, -0.2) is 47.8 Å². The van der Waals surface area contributed by atoms with E-state index in [9.17, 15) is 0 Å². The SMILES string of the molecule is c1ccc(-c2ccc(-c3nc(-c4cccc5c4oc4ccccc45)nc(-n4c5ccccc5c5c4c4ccccc4c4c6cccc7c8c9ccccc9c(-c9cccc%10oc%11cc(-c%12nc(-c%13ccccc%13)nc(-c%13cccc(-n%14c%15ccccc%15c%15c%14c%14ccccc%14c%14c%16cccc%17c%18c%19ccccc%19ccc%18n(c%17%16)c%14%15)c%13)n%12)ccc%11c9%10)cc8n(c76)c45)n3)cc2)cc1. The first kappa shape index (κ1) is 69.6. The first-order valence-corrected chi connectivity index (χ1v) is 44.1. The summed E-state index contributed by atoms with van der Waals surface area (Å²) in [7, 11) is 0. The Labute approximate surface area is 737 Å². The second-order valence-corrected chi connectivity index (χ2v) is 34.5. The molecule has 0 saturated heterocycles. The van der Waals surface area contributed by atoms with Crippen LogP contribution in [0.4, 0.5) is 0 Å². The molecule has 30 aromatic rings. The number of aromatic nitrogens is 10. The van der Waals surface area contributed by atoms with Gasteiger partial charge in [0.25, 0.3) is 0 Å². The molecule has 30 rings (SSSR count). The van der Waals surface area contributed by atoms with Crippen molar-refractivity contribution in [3.63, 3.8) is 0 Å². The van der Waals surface area contributed by atoms with Crippen molar-refractivity contribution in [3.05, 3.63) is 388 Å². The van der Waals surface area contributed by atoms with E-state index >= 15 is 0 Å². The minimum Gasteiger partial charge on any atom is -0.456 e. The van der Waals surface area contributed by atoms with Gasteiger partial charge in [0.1, 0.15) is 22.3 Å². The number of nitrogens with zero attached hydrogens (tertiary/aromatic N) is 10. The van der Waals surface area contributed by atoms with Crippen molar-refractivity contribution in [2.45, 2.75) is 0 Å². The van der Waals surface area contributed by atoms with Gasteiger partial charge < -0.3 is 22.2 Å². The Morgan fingerprint density at radius 2 is 0.631 bits per heavy atom. The molecule has 0 bridgehead atoms. The highest BCUT2D eigenvalue weighted by Crippen LogP contribution is 2.55. The molecule has 0 saturated carbocycles. The maximum Gasteiger partial charge on any atom is 0.238 e. The monoisotopic (exact) mass is 1650 g/mol. The molecule has 0 spiro atoms. The lowest BCUT2D eigenvalue weighted by molar-refractivity contribution is 0.669. The van der Waals surface area contributed by atoms with Crippen molar-refractivity contribution in [1.29, 1.82) is 0 Å². The standard InChI is InChI=1S/C118H64N10O2/c1-3-26-65(27-4-1)66-54-56-69(57-55-66)114-122-117(90-49-22-44-82-75-35-17-20-52-96(75)130-112(82)90)124-118(123-114)128-93-51-19-16-42-84(93)105-109(128)81-40-14-12-38-78(81)103-89-48-24-46-87-100-76-36-10-9-34-74(76)91(64-95(100)127(107(87)89)111(103)105)79-43-25-53-97-101(79)85-60-58-71(63-98(85)129-97)116-120-113(68-29-5-2-6-30-68)119-115(121-116)70-31-21-32-72(62-70)125-92-50-18-15-41-83(92)104-108(125)80-39-13-11-37-77(80)102-88-47-23-45-86-99-73-33-8-7-28-67(73)59-61-94(99)126(106(86)88)110(102)104/h1-64H. The van der Waals surface area contributed by atoms with Gasteiger partial charge in [-0.3, -0.25) is 4.57 Å². The fraction of sp³-hybridized carbons (Fsp3) is 0. The van der Waals surface area contributed by atoms with Gasteiger partial charge in [0.2, 0.25) is 5.95 Å². The number of para-hydroxylation sites is 6. The van der Waals surface area contributed by atoms with Crippen LogP contribution in [-0.2, 0) is 0 Å². The van der Waals surface area contributed by atoms with Crippen molar-refractivity contribution in [3.8, 4) is 90.8 Å². The lowest BCUT2D eigenvalue weighted by Crippen LogP contribution is -2.06. The van der Waals surface area contributed by atoms with Crippen molar-refractivity contribution >= 4 is 207 Å².